The van der Waals surface area contributed by atoms with Gasteiger partial charge in [0, 0.05) is 17.8 Å². The average Bonchev–Trinajstić information content (AvgIpc) is 2.94. The highest BCUT2D eigenvalue weighted by molar-refractivity contribution is 7.91. The third-order valence-corrected chi connectivity index (χ3v) is 6.99. The Labute approximate surface area is 130 Å². The van der Waals surface area contributed by atoms with Crippen molar-refractivity contribution in [2.75, 3.05) is 6.54 Å². The molecule has 0 saturated carbocycles. The Kier molecular flexibility index (Phi) is 4.21. The summed E-state index contributed by atoms with van der Waals surface area (Å²) >= 11 is 1.29. The van der Waals surface area contributed by atoms with Gasteiger partial charge in [0.1, 0.15) is 4.21 Å². The Bertz CT molecular complexity index is 643. The highest BCUT2D eigenvalue weighted by Crippen LogP contribution is 2.31. The van der Waals surface area contributed by atoms with E-state index in [9.17, 15) is 13.2 Å². The fourth-order valence-corrected chi connectivity index (χ4v) is 4.75. The standard InChI is InChI=1S/C14H22N2O3S2/c1-13(2,3)10-5-6-12(20-10)21(18,19)15-9-14(4)8-7-11(17)16-14/h5-6,15H,7-9H2,1-4H3,(H,16,17). The van der Waals surface area contributed by atoms with Crippen LogP contribution >= 0.6 is 11.3 Å². The molecule has 5 nitrogen and oxygen atoms in total. The van der Waals surface area contributed by atoms with Crippen molar-refractivity contribution < 1.29 is 13.2 Å². The summed E-state index contributed by atoms with van der Waals surface area (Å²) in [5.41, 5.74) is -0.557. The van der Waals surface area contributed by atoms with Crippen molar-refractivity contribution in [2.24, 2.45) is 0 Å². The summed E-state index contributed by atoms with van der Waals surface area (Å²) in [5.74, 6) is -0.0251. The molecular weight excluding hydrogens is 308 g/mol. The molecule has 1 amide bonds. The molecule has 0 radical (unpaired) electrons. The van der Waals surface area contributed by atoms with Crippen molar-refractivity contribution in [2.45, 2.75) is 55.7 Å². The average molecular weight is 330 g/mol. The molecule has 0 aromatic carbocycles. The first-order chi connectivity index (χ1) is 9.52. The van der Waals surface area contributed by atoms with Crippen LogP contribution in [-0.2, 0) is 20.2 Å². The monoisotopic (exact) mass is 330 g/mol. The first-order valence-electron chi connectivity index (χ1n) is 6.93. The van der Waals surface area contributed by atoms with Crippen LogP contribution in [0.4, 0.5) is 0 Å². The lowest BCUT2D eigenvalue weighted by Crippen LogP contribution is -2.48. The van der Waals surface area contributed by atoms with Gasteiger partial charge >= 0.3 is 0 Å². The van der Waals surface area contributed by atoms with Crippen LogP contribution < -0.4 is 10.0 Å². The lowest BCUT2D eigenvalue weighted by molar-refractivity contribution is -0.119. The van der Waals surface area contributed by atoms with E-state index in [2.05, 4.69) is 30.8 Å². The van der Waals surface area contributed by atoms with Crippen molar-refractivity contribution in [3.8, 4) is 0 Å². The molecule has 1 fully saturated rings. The molecule has 0 aliphatic carbocycles. The molecule has 1 aromatic rings. The molecule has 1 unspecified atom stereocenters. The number of hydrogen-bond acceptors (Lipinski definition) is 4. The fraction of sp³-hybridized carbons (Fsp3) is 0.643. The van der Waals surface area contributed by atoms with Crippen LogP contribution in [0.3, 0.4) is 0 Å². The summed E-state index contributed by atoms with van der Waals surface area (Å²) in [5, 5.41) is 2.82. The quantitative estimate of drug-likeness (QED) is 0.886. The minimum Gasteiger partial charge on any atom is -0.350 e. The van der Waals surface area contributed by atoms with E-state index >= 15 is 0 Å². The summed E-state index contributed by atoms with van der Waals surface area (Å²) in [6, 6.07) is 3.50. The summed E-state index contributed by atoms with van der Waals surface area (Å²) in [6.07, 6.45) is 1.09. The maximum Gasteiger partial charge on any atom is 0.250 e. The number of carbonyl (C=O) groups is 1. The molecule has 1 aliphatic heterocycles. The molecule has 2 rings (SSSR count). The highest BCUT2D eigenvalue weighted by atomic mass is 32.2. The molecule has 1 aromatic heterocycles. The van der Waals surface area contributed by atoms with Gasteiger partial charge in [0.15, 0.2) is 0 Å². The normalized spacial score (nSPS) is 23.3. The predicted molar refractivity (Wildman–Crippen MR) is 84.0 cm³/mol. The van der Waals surface area contributed by atoms with Gasteiger partial charge in [-0.25, -0.2) is 13.1 Å². The van der Waals surface area contributed by atoms with Gasteiger partial charge in [-0.15, -0.1) is 11.3 Å². The van der Waals surface area contributed by atoms with Crippen LogP contribution in [0.25, 0.3) is 0 Å². The van der Waals surface area contributed by atoms with Crippen LogP contribution in [0, 0.1) is 0 Å². The van der Waals surface area contributed by atoms with E-state index in [1.54, 1.807) is 6.07 Å². The molecule has 1 aliphatic rings. The number of amides is 1. The lowest BCUT2D eigenvalue weighted by atomic mass is 9.95. The van der Waals surface area contributed by atoms with Gasteiger partial charge in [-0.3, -0.25) is 4.79 Å². The number of sulfonamides is 1. The van der Waals surface area contributed by atoms with Gasteiger partial charge in [-0.2, -0.15) is 0 Å². The van der Waals surface area contributed by atoms with E-state index in [-0.39, 0.29) is 17.9 Å². The Morgan fingerprint density at radius 3 is 2.52 bits per heavy atom. The van der Waals surface area contributed by atoms with Crippen LogP contribution in [0.2, 0.25) is 0 Å². The Balaban J connectivity index is 2.09. The number of hydrogen-bond donors (Lipinski definition) is 2. The molecule has 0 bridgehead atoms. The second-order valence-electron chi connectivity index (χ2n) is 6.80. The highest BCUT2D eigenvalue weighted by Gasteiger charge is 2.34. The third kappa shape index (κ3) is 3.84. The molecule has 118 valence electrons. The topological polar surface area (TPSA) is 75.3 Å². The molecule has 1 saturated heterocycles. The number of rotatable bonds is 4. The van der Waals surface area contributed by atoms with Crippen LogP contribution in [-0.4, -0.2) is 26.4 Å². The van der Waals surface area contributed by atoms with Gasteiger partial charge in [0.05, 0.1) is 5.54 Å². The summed E-state index contributed by atoms with van der Waals surface area (Å²) < 4.78 is 27.6. The van der Waals surface area contributed by atoms with Crippen molar-refractivity contribution in [1.82, 2.24) is 10.0 Å². The van der Waals surface area contributed by atoms with Crippen LogP contribution in [0.5, 0.6) is 0 Å². The fourth-order valence-electron chi connectivity index (χ4n) is 2.18. The molecule has 2 N–H and O–H groups in total. The van der Waals surface area contributed by atoms with Gasteiger partial charge < -0.3 is 5.32 Å². The molecular formula is C14H22N2O3S2. The Hall–Kier alpha value is -0.920. The number of thiophene rings is 1. The van der Waals surface area contributed by atoms with E-state index in [0.29, 0.717) is 17.1 Å². The van der Waals surface area contributed by atoms with Crippen molar-refractivity contribution in [3.05, 3.63) is 17.0 Å². The molecule has 7 heteroatoms. The molecule has 1 atom stereocenters. The van der Waals surface area contributed by atoms with Gasteiger partial charge in [0.25, 0.3) is 0 Å². The summed E-state index contributed by atoms with van der Waals surface area (Å²) in [4.78, 5) is 12.3. The number of nitrogens with one attached hydrogen (secondary N) is 2. The zero-order chi connectivity index (χ0) is 15.9. The zero-order valence-corrected chi connectivity index (χ0v) is 14.5. The summed E-state index contributed by atoms with van der Waals surface area (Å²) in [7, 11) is -3.53. The van der Waals surface area contributed by atoms with E-state index in [1.165, 1.54) is 11.3 Å². The van der Waals surface area contributed by atoms with E-state index in [1.807, 2.05) is 13.0 Å². The minimum atomic E-state index is -3.53. The largest absolute Gasteiger partial charge is 0.350 e. The van der Waals surface area contributed by atoms with E-state index < -0.39 is 15.6 Å². The lowest BCUT2D eigenvalue weighted by Gasteiger charge is -2.23. The summed E-state index contributed by atoms with van der Waals surface area (Å²) in [6.45, 7) is 8.23. The zero-order valence-electron chi connectivity index (χ0n) is 12.8. The van der Waals surface area contributed by atoms with Crippen molar-refractivity contribution in [1.29, 1.82) is 0 Å². The predicted octanol–water partition coefficient (Wildman–Crippen LogP) is 1.99. The second kappa shape index (κ2) is 5.37. The first-order valence-corrected chi connectivity index (χ1v) is 9.23. The minimum absolute atomic E-state index is 0.0251. The van der Waals surface area contributed by atoms with E-state index in [4.69, 9.17) is 0 Å². The molecule has 21 heavy (non-hydrogen) atoms. The maximum absolute atomic E-state index is 12.3. The third-order valence-electron chi connectivity index (χ3n) is 3.58. The number of carbonyl (C=O) groups excluding carboxylic acids is 1. The van der Waals surface area contributed by atoms with Crippen molar-refractivity contribution in [3.63, 3.8) is 0 Å². The smallest absolute Gasteiger partial charge is 0.250 e. The Morgan fingerprint density at radius 2 is 2.05 bits per heavy atom. The van der Waals surface area contributed by atoms with E-state index in [0.717, 1.165) is 4.88 Å². The molecule has 2 heterocycles. The van der Waals surface area contributed by atoms with Crippen LogP contribution in [0.15, 0.2) is 16.3 Å². The van der Waals surface area contributed by atoms with Gasteiger partial charge in [-0.05, 0) is 30.9 Å². The van der Waals surface area contributed by atoms with Gasteiger partial charge in [-0.1, -0.05) is 20.8 Å². The van der Waals surface area contributed by atoms with Gasteiger partial charge in [0.2, 0.25) is 15.9 Å². The molecule has 0 spiro atoms. The Morgan fingerprint density at radius 1 is 1.38 bits per heavy atom. The van der Waals surface area contributed by atoms with Crippen molar-refractivity contribution >= 4 is 27.3 Å². The van der Waals surface area contributed by atoms with Crippen LogP contribution in [0.1, 0.15) is 45.4 Å². The second-order valence-corrected chi connectivity index (χ2v) is 9.88. The maximum atomic E-state index is 12.3. The SMILES string of the molecule is CC1(CNS(=O)(=O)c2ccc(C(C)(C)C)s2)CCC(=O)N1. The first kappa shape index (κ1) is 16.5.